The molecule has 8 heteroatoms. The van der Waals surface area contributed by atoms with E-state index in [9.17, 15) is 14.4 Å². The summed E-state index contributed by atoms with van der Waals surface area (Å²) in [6, 6.07) is 11.6. The van der Waals surface area contributed by atoms with Crippen LogP contribution in [0.15, 0.2) is 73.3 Å². The largest absolute Gasteiger partial charge is 0.494 e. The van der Waals surface area contributed by atoms with Gasteiger partial charge in [0.2, 0.25) is 0 Å². The summed E-state index contributed by atoms with van der Waals surface area (Å²) in [4.78, 5) is 35.5. The molecule has 38 heavy (non-hydrogen) atoms. The van der Waals surface area contributed by atoms with E-state index in [-0.39, 0.29) is 18.3 Å². The molecule has 0 aliphatic heterocycles. The second-order valence-corrected chi connectivity index (χ2v) is 8.26. The van der Waals surface area contributed by atoms with Gasteiger partial charge in [-0.15, -0.1) is 0 Å². The second kappa shape index (κ2) is 16.4. The highest BCUT2D eigenvalue weighted by atomic mass is 16.6. The predicted molar refractivity (Wildman–Crippen MR) is 144 cm³/mol. The SMILES string of the molecule is C=CCOC(=O)C=Cc1ccc(OC(=O)c2ccc(OCCCCCCOC(=O)C(=C)C)cc2)c(OC)c1. The summed E-state index contributed by atoms with van der Waals surface area (Å²) >= 11 is 0. The van der Waals surface area contributed by atoms with Crippen molar-refractivity contribution in [1.29, 1.82) is 0 Å². The number of rotatable bonds is 16. The van der Waals surface area contributed by atoms with Crippen molar-refractivity contribution in [2.45, 2.75) is 32.6 Å². The molecule has 0 unspecified atom stereocenters. The standard InChI is InChI=1S/C30H34O8/c1-5-18-36-28(31)17-11-23-10-16-26(27(21-23)34-4)38-30(33)24-12-14-25(15-13-24)35-19-8-6-7-9-20-37-29(32)22(2)3/h5,10-17,21H,1-2,6-9,18-20H2,3-4H3. The minimum atomic E-state index is -0.543. The van der Waals surface area contributed by atoms with Gasteiger partial charge in [0.25, 0.3) is 0 Å². The maximum atomic E-state index is 12.6. The summed E-state index contributed by atoms with van der Waals surface area (Å²) in [7, 11) is 1.46. The molecular weight excluding hydrogens is 488 g/mol. The van der Waals surface area contributed by atoms with Crippen LogP contribution in [0.3, 0.4) is 0 Å². The van der Waals surface area contributed by atoms with Crippen LogP contribution in [0.2, 0.25) is 0 Å². The lowest BCUT2D eigenvalue weighted by atomic mass is 10.2. The summed E-state index contributed by atoms with van der Waals surface area (Å²) < 4.78 is 26.5. The fourth-order valence-corrected chi connectivity index (χ4v) is 3.11. The van der Waals surface area contributed by atoms with E-state index in [0.29, 0.717) is 41.4 Å². The fraction of sp³-hybridized carbons (Fsp3) is 0.300. The molecule has 0 amide bonds. The van der Waals surface area contributed by atoms with Gasteiger partial charge < -0.3 is 23.7 Å². The smallest absolute Gasteiger partial charge is 0.343 e. The van der Waals surface area contributed by atoms with Crippen LogP contribution in [0.1, 0.15) is 48.5 Å². The second-order valence-electron chi connectivity index (χ2n) is 8.26. The fourth-order valence-electron chi connectivity index (χ4n) is 3.11. The van der Waals surface area contributed by atoms with Gasteiger partial charge in [-0.05, 0) is 80.6 Å². The highest BCUT2D eigenvalue weighted by Crippen LogP contribution is 2.29. The summed E-state index contributed by atoms with van der Waals surface area (Å²) in [5.41, 5.74) is 1.43. The Morgan fingerprint density at radius 3 is 2.26 bits per heavy atom. The number of hydrogen-bond acceptors (Lipinski definition) is 8. The third-order valence-electron chi connectivity index (χ3n) is 5.12. The van der Waals surface area contributed by atoms with Crippen molar-refractivity contribution in [3.63, 3.8) is 0 Å². The molecule has 0 N–H and O–H groups in total. The molecule has 0 radical (unpaired) electrons. The van der Waals surface area contributed by atoms with E-state index in [2.05, 4.69) is 13.2 Å². The number of hydrogen-bond donors (Lipinski definition) is 0. The molecule has 0 spiro atoms. The van der Waals surface area contributed by atoms with Crippen molar-refractivity contribution in [1.82, 2.24) is 0 Å². The van der Waals surface area contributed by atoms with E-state index in [1.165, 1.54) is 19.3 Å². The van der Waals surface area contributed by atoms with Gasteiger partial charge in [0.05, 0.1) is 25.9 Å². The van der Waals surface area contributed by atoms with E-state index in [1.807, 2.05) is 0 Å². The van der Waals surface area contributed by atoms with E-state index in [1.54, 1.807) is 55.5 Å². The number of methoxy groups -OCH3 is 1. The Balaban J connectivity index is 1.78. The molecule has 0 fully saturated rings. The molecule has 8 nitrogen and oxygen atoms in total. The van der Waals surface area contributed by atoms with Crippen LogP contribution in [-0.2, 0) is 19.1 Å². The molecule has 0 atom stereocenters. The molecular formula is C30H34O8. The maximum Gasteiger partial charge on any atom is 0.343 e. The van der Waals surface area contributed by atoms with Gasteiger partial charge >= 0.3 is 17.9 Å². The molecule has 2 rings (SSSR count). The highest BCUT2D eigenvalue weighted by molar-refractivity contribution is 5.91. The van der Waals surface area contributed by atoms with Crippen LogP contribution in [-0.4, -0.2) is 44.8 Å². The van der Waals surface area contributed by atoms with Crippen molar-refractivity contribution >= 4 is 24.0 Å². The van der Waals surface area contributed by atoms with E-state index < -0.39 is 11.9 Å². The Labute approximate surface area is 223 Å². The molecule has 0 bridgehead atoms. The summed E-state index contributed by atoms with van der Waals surface area (Å²) in [6.45, 7) is 9.72. The lowest BCUT2D eigenvalue weighted by Crippen LogP contribution is -2.09. The van der Waals surface area contributed by atoms with Gasteiger partial charge in [-0.2, -0.15) is 0 Å². The van der Waals surface area contributed by atoms with Crippen LogP contribution in [0.4, 0.5) is 0 Å². The van der Waals surface area contributed by atoms with Crippen LogP contribution in [0.25, 0.3) is 6.08 Å². The van der Waals surface area contributed by atoms with Crippen molar-refractivity contribution in [3.05, 3.63) is 84.5 Å². The van der Waals surface area contributed by atoms with Gasteiger partial charge in [-0.25, -0.2) is 14.4 Å². The monoisotopic (exact) mass is 522 g/mol. The molecule has 0 aliphatic carbocycles. The van der Waals surface area contributed by atoms with Gasteiger partial charge in [0.1, 0.15) is 12.4 Å². The molecule has 2 aromatic carbocycles. The first-order chi connectivity index (χ1) is 18.3. The van der Waals surface area contributed by atoms with Crippen molar-refractivity contribution in [3.8, 4) is 17.2 Å². The molecule has 0 heterocycles. The first kappa shape index (κ1) is 29.9. The van der Waals surface area contributed by atoms with Crippen LogP contribution >= 0.6 is 0 Å². The Kier molecular flexibility index (Phi) is 12.9. The average molecular weight is 523 g/mol. The van der Waals surface area contributed by atoms with Gasteiger partial charge in [0, 0.05) is 11.6 Å². The summed E-state index contributed by atoms with van der Waals surface area (Å²) in [5, 5.41) is 0. The Hall–Kier alpha value is -4.33. The molecule has 0 aromatic heterocycles. The maximum absolute atomic E-state index is 12.6. The van der Waals surface area contributed by atoms with E-state index in [4.69, 9.17) is 23.7 Å². The third kappa shape index (κ3) is 10.7. The Bertz CT molecular complexity index is 1130. The predicted octanol–water partition coefficient (Wildman–Crippen LogP) is 5.72. The highest BCUT2D eigenvalue weighted by Gasteiger charge is 2.13. The van der Waals surface area contributed by atoms with E-state index >= 15 is 0 Å². The molecule has 0 saturated carbocycles. The van der Waals surface area contributed by atoms with Crippen molar-refractivity contribution in [2.75, 3.05) is 26.9 Å². The molecule has 0 saturated heterocycles. The van der Waals surface area contributed by atoms with E-state index in [0.717, 1.165) is 25.7 Å². The zero-order valence-electron chi connectivity index (χ0n) is 21.9. The molecule has 2 aromatic rings. The zero-order chi connectivity index (χ0) is 27.8. The van der Waals surface area contributed by atoms with Gasteiger partial charge in [0.15, 0.2) is 11.5 Å². The van der Waals surface area contributed by atoms with Crippen LogP contribution in [0, 0.1) is 0 Å². The summed E-state index contributed by atoms with van der Waals surface area (Å²) in [6.07, 6.45) is 7.88. The zero-order valence-corrected chi connectivity index (χ0v) is 21.9. The molecule has 202 valence electrons. The van der Waals surface area contributed by atoms with Crippen molar-refractivity contribution in [2.24, 2.45) is 0 Å². The normalized spacial score (nSPS) is 10.5. The first-order valence-corrected chi connectivity index (χ1v) is 12.3. The lowest BCUT2D eigenvalue weighted by Gasteiger charge is -2.11. The lowest BCUT2D eigenvalue weighted by molar-refractivity contribution is -0.139. The minimum absolute atomic E-state index is 0.131. The van der Waals surface area contributed by atoms with Gasteiger partial charge in [-0.1, -0.05) is 25.3 Å². The van der Waals surface area contributed by atoms with Crippen molar-refractivity contribution < 1.29 is 38.1 Å². The Morgan fingerprint density at radius 1 is 0.895 bits per heavy atom. The summed E-state index contributed by atoms with van der Waals surface area (Å²) in [5.74, 6) is -0.153. The first-order valence-electron chi connectivity index (χ1n) is 12.3. The van der Waals surface area contributed by atoms with Gasteiger partial charge in [-0.3, -0.25) is 0 Å². The average Bonchev–Trinajstić information content (AvgIpc) is 2.92. The number of carbonyl (C=O) groups excluding carboxylic acids is 3. The number of benzene rings is 2. The number of carbonyl (C=O) groups is 3. The Morgan fingerprint density at radius 2 is 1.61 bits per heavy atom. The number of ether oxygens (including phenoxy) is 5. The molecule has 0 aliphatic rings. The van der Waals surface area contributed by atoms with Crippen LogP contribution < -0.4 is 14.2 Å². The quantitative estimate of drug-likeness (QED) is 0.0909. The van der Waals surface area contributed by atoms with Crippen LogP contribution in [0.5, 0.6) is 17.2 Å². The topological polar surface area (TPSA) is 97.4 Å². The number of esters is 3. The number of unbranched alkanes of at least 4 members (excludes halogenated alkanes) is 3. The third-order valence-corrected chi connectivity index (χ3v) is 5.12. The minimum Gasteiger partial charge on any atom is -0.494 e.